The number of thioether (sulfide) groups is 1. The molecule has 0 saturated carbocycles. The number of nitrogens with one attached hydrogen (secondary N) is 1. The molecule has 0 atom stereocenters. The molecule has 6 nitrogen and oxygen atoms in total. The minimum atomic E-state index is -0.455. The first-order valence-corrected chi connectivity index (χ1v) is 8.98. The fourth-order valence-corrected chi connectivity index (χ4v) is 3.26. The van der Waals surface area contributed by atoms with Gasteiger partial charge in [0.1, 0.15) is 5.82 Å². The Morgan fingerprint density at radius 2 is 1.92 bits per heavy atom. The number of amides is 1. The van der Waals surface area contributed by atoms with Crippen molar-refractivity contribution >= 4 is 23.4 Å². The lowest BCUT2D eigenvalue weighted by Gasteiger charge is -2.10. The number of nitrogens with zero attached hydrogens (tertiary/aromatic N) is 4. The third kappa shape index (κ3) is 3.91. The fourth-order valence-electron chi connectivity index (χ4n) is 2.59. The maximum atomic E-state index is 13.8. The van der Waals surface area contributed by atoms with E-state index in [4.69, 9.17) is 0 Å². The van der Waals surface area contributed by atoms with Crippen molar-refractivity contribution in [3.63, 3.8) is 0 Å². The second-order valence-electron chi connectivity index (χ2n) is 5.93. The number of halogens is 1. The molecular weight excluding hydrogens is 353 g/mol. The van der Waals surface area contributed by atoms with E-state index in [0.717, 1.165) is 22.4 Å². The Labute approximate surface area is 154 Å². The van der Waals surface area contributed by atoms with Crippen LogP contribution in [0.25, 0.3) is 5.69 Å². The van der Waals surface area contributed by atoms with Gasteiger partial charge in [0.25, 0.3) is 0 Å². The van der Waals surface area contributed by atoms with Crippen LogP contribution in [0.15, 0.2) is 41.6 Å². The lowest BCUT2D eigenvalue weighted by Crippen LogP contribution is -2.15. The van der Waals surface area contributed by atoms with Crippen molar-refractivity contribution in [1.82, 2.24) is 20.2 Å². The number of aromatic nitrogens is 4. The van der Waals surface area contributed by atoms with E-state index in [2.05, 4.69) is 20.8 Å². The molecule has 0 bridgehead atoms. The van der Waals surface area contributed by atoms with Gasteiger partial charge >= 0.3 is 0 Å². The van der Waals surface area contributed by atoms with Gasteiger partial charge in [-0.15, -0.1) is 5.10 Å². The van der Waals surface area contributed by atoms with Gasteiger partial charge in [-0.1, -0.05) is 36.0 Å². The second-order valence-corrected chi connectivity index (χ2v) is 6.88. The third-order valence-corrected chi connectivity index (χ3v) is 4.74. The number of benzene rings is 2. The monoisotopic (exact) mass is 371 g/mol. The van der Waals surface area contributed by atoms with E-state index in [1.807, 2.05) is 32.0 Å². The summed E-state index contributed by atoms with van der Waals surface area (Å²) in [6.45, 7) is 5.74. The molecule has 26 heavy (non-hydrogen) atoms. The third-order valence-electron chi connectivity index (χ3n) is 3.82. The second kappa shape index (κ2) is 7.65. The SMILES string of the molecule is Cc1ccc(NC(=O)CSc2nnnn2-c2c(C)cccc2C)c(F)c1. The standard InChI is InChI=1S/C18H18FN5OS/c1-11-7-8-15(14(19)9-11)20-16(25)10-26-18-21-22-23-24(18)17-12(2)5-4-6-13(17)3/h4-9H,10H2,1-3H3,(H,20,25). The van der Waals surface area contributed by atoms with Crippen LogP contribution in [0.1, 0.15) is 16.7 Å². The molecular formula is C18H18FN5OS. The van der Waals surface area contributed by atoms with Gasteiger partial charge in [0.05, 0.1) is 17.1 Å². The zero-order valence-electron chi connectivity index (χ0n) is 14.7. The molecule has 0 aliphatic carbocycles. The molecule has 0 aliphatic heterocycles. The Balaban J connectivity index is 1.71. The number of aryl methyl sites for hydroxylation is 3. The highest BCUT2D eigenvalue weighted by atomic mass is 32.2. The summed E-state index contributed by atoms with van der Waals surface area (Å²) in [5.74, 6) is -0.712. The lowest BCUT2D eigenvalue weighted by atomic mass is 10.1. The number of rotatable bonds is 5. The summed E-state index contributed by atoms with van der Waals surface area (Å²) in [4.78, 5) is 12.2. The van der Waals surface area contributed by atoms with Gasteiger partial charge in [0.2, 0.25) is 11.1 Å². The molecule has 0 spiro atoms. The molecule has 1 N–H and O–H groups in total. The van der Waals surface area contributed by atoms with Crippen LogP contribution in [0.4, 0.5) is 10.1 Å². The molecule has 0 saturated heterocycles. The van der Waals surface area contributed by atoms with Crippen LogP contribution in [0.2, 0.25) is 0 Å². The van der Waals surface area contributed by atoms with Crippen LogP contribution in [0.5, 0.6) is 0 Å². The predicted molar refractivity (Wildman–Crippen MR) is 99.1 cm³/mol. The predicted octanol–water partition coefficient (Wildman–Crippen LogP) is 3.46. The van der Waals surface area contributed by atoms with Crippen LogP contribution >= 0.6 is 11.8 Å². The number of tetrazole rings is 1. The number of carbonyl (C=O) groups is 1. The molecule has 2 aromatic carbocycles. The summed E-state index contributed by atoms with van der Waals surface area (Å²) >= 11 is 1.19. The molecule has 0 fully saturated rings. The fraction of sp³-hybridized carbons (Fsp3) is 0.222. The van der Waals surface area contributed by atoms with Crippen molar-refractivity contribution in [2.45, 2.75) is 25.9 Å². The maximum Gasteiger partial charge on any atom is 0.234 e. The maximum absolute atomic E-state index is 13.8. The topological polar surface area (TPSA) is 72.7 Å². The minimum Gasteiger partial charge on any atom is -0.323 e. The molecule has 0 aliphatic rings. The highest BCUT2D eigenvalue weighted by Crippen LogP contribution is 2.23. The Hall–Kier alpha value is -2.74. The number of para-hydroxylation sites is 1. The Morgan fingerprint density at radius 1 is 1.19 bits per heavy atom. The van der Waals surface area contributed by atoms with Gasteiger partial charge in [0, 0.05) is 0 Å². The Morgan fingerprint density at radius 3 is 2.62 bits per heavy atom. The first kappa shape index (κ1) is 18.1. The Bertz CT molecular complexity index is 936. The van der Waals surface area contributed by atoms with Gasteiger partial charge in [-0.05, 0) is 60.0 Å². The number of hydrogen-bond acceptors (Lipinski definition) is 5. The normalized spacial score (nSPS) is 10.8. The van der Waals surface area contributed by atoms with Crippen molar-refractivity contribution < 1.29 is 9.18 Å². The van der Waals surface area contributed by atoms with Crippen LogP contribution < -0.4 is 5.32 Å². The van der Waals surface area contributed by atoms with Crippen molar-refractivity contribution in [2.75, 3.05) is 11.1 Å². The quantitative estimate of drug-likeness (QED) is 0.696. The molecule has 3 rings (SSSR count). The zero-order valence-corrected chi connectivity index (χ0v) is 15.5. The van der Waals surface area contributed by atoms with E-state index in [9.17, 15) is 9.18 Å². The summed E-state index contributed by atoms with van der Waals surface area (Å²) in [6, 6.07) is 10.6. The highest BCUT2D eigenvalue weighted by Gasteiger charge is 2.15. The zero-order chi connectivity index (χ0) is 18.7. The van der Waals surface area contributed by atoms with Gasteiger partial charge in [0.15, 0.2) is 0 Å². The molecule has 1 heterocycles. The highest BCUT2D eigenvalue weighted by molar-refractivity contribution is 7.99. The molecule has 0 radical (unpaired) electrons. The van der Waals surface area contributed by atoms with E-state index >= 15 is 0 Å². The Kier molecular flexibility index (Phi) is 5.32. The minimum absolute atomic E-state index is 0.0681. The lowest BCUT2D eigenvalue weighted by molar-refractivity contribution is -0.113. The average Bonchev–Trinajstić information content (AvgIpc) is 3.04. The van der Waals surface area contributed by atoms with E-state index in [0.29, 0.717) is 5.16 Å². The first-order chi connectivity index (χ1) is 12.5. The van der Waals surface area contributed by atoms with Gasteiger partial charge in [-0.2, -0.15) is 4.68 Å². The van der Waals surface area contributed by atoms with Gasteiger partial charge in [-0.3, -0.25) is 4.79 Å². The number of anilines is 1. The summed E-state index contributed by atoms with van der Waals surface area (Å²) in [7, 11) is 0. The summed E-state index contributed by atoms with van der Waals surface area (Å²) in [6.07, 6.45) is 0. The smallest absolute Gasteiger partial charge is 0.234 e. The van der Waals surface area contributed by atoms with E-state index in [-0.39, 0.29) is 17.3 Å². The molecule has 3 aromatic rings. The average molecular weight is 371 g/mol. The summed E-state index contributed by atoms with van der Waals surface area (Å²) in [5, 5.41) is 14.8. The van der Waals surface area contributed by atoms with Crippen LogP contribution in [-0.2, 0) is 4.79 Å². The van der Waals surface area contributed by atoms with Crippen molar-refractivity contribution in [1.29, 1.82) is 0 Å². The van der Waals surface area contributed by atoms with Gasteiger partial charge in [-0.25, -0.2) is 4.39 Å². The van der Waals surface area contributed by atoms with Crippen molar-refractivity contribution in [3.05, 3.63) is 58.9 Å². The first-order valence-electron chi connectivity index (χ1n) is 7.99. The van der Waals surface area contributed by atoms with Crippen LogP contribution in [0.3, 0.4) is 0 Å². The van der Waals surface area contributed by atoms with Gasteiger partial charge < -0.3 is 5.32 Å². The van der Waals surface area contributed by atoms with E-state index in [1.165, 1.54) is 17.8 Å². The number of hydrogen-bond donors (Lipinski definition) is 1. The van der Waals surface area contributed by atoms with Crippen LogP contribution in [0, 0.1) is 26.6 Å². The summed E-state index contributed by atoms with van der Waals surface area (Å²) in [5.41, 5.74) is 3.92. The largest absolute Gasteiger partial charge is 0.323 e. The molecule has 8 heteroatoms. The molecule has 1 aromatic heterocycles. The van der Waals surface area contributed by atoms with Crippen molar-refractivity contribution in [3.8, 4) is 5.69 Å². The van der Waals surface area contributed by atoms with Crippen molar-refractivity contribution in [2.24, 2.45) is 0 Å². The van der Waals surface area contributed by atoms with E-state index < -0.39 is 5.82 Å². The van der Waals surface area contributed by atoms with E-state index in [1.54, 1.807) is 23.7 Å². The summed E-state index contributed by atoms with van der Waals surface area (Å²) < 4.78 is 15.5. The molecule has 134 valence electrons. The molecule has 1 amide bonds. The molecule has 0 unspecified atom stereocenters. The number of carbonyl (C=O) groups excluding carboxylic acids is 1. The van der Waals surface area contributed by atoms with Crippen LogP contribution in [-0.4, -0.2) is 31.9 Å².